The zero-order valence-corrected chi connectivity index (χ0v) is 12.9. The monoisotopic (exact) mass is 311 g/mol. The van der Waals surface area contributed by atoms with Gasteiger partial charge >= 0.3 is 6.03 Å². The average Bonchev–Trinajstić information content (AvgIpc) is 2.70. The summed E-state index contributed by atoms with van der Waals surface area (Å²) >= 11 is 0. The lowest BCUT2D eigenvalue weighted by Gasteiger charge is -2.33. The molecule has 1 fully saturated rings. The lowest BCUT2D eigenvalue weighted by atomic mass is 10.2. The fraction of sp³-hybridized carbons (Fsp3) is 0.278. The van der Waals surface area contributed by atoms with Crippen LogP contribution in [0.1, 0.15) is 11.1 Å². The number of hydrogen-bond acceptors (Lipinski definition) is 3. The molecule has 0 aliphatic carbocycles. The van der Waals surface area contributed by atoms with Crippen molar-refractivity contribution in [2.45, 2.75) is 19.2 Å². The first-order valence-corrected chi connectivity index (χ1v) is 7.78. The van der Waals surface area contributed by atoms with Gasteiger partial charge in [-0.25, -0.2) is 9.80 Å². The normalized spacial score (nSPS) is 19.3. The summed E-state index contributed by atoms with van der Waals surface area (Å²) < 4.78 is 0. The predicted octanol–water partition coefficient (Wildman–Crippen LogP) is 1.99. The molecule has 2 N–H and O–H groups in total. The van der Waals surface area contributed by atoms with E-state index < -0.39 is 6.10 Å². The molecule has 5 nitrogen and oxygen atoms in total. The zero-order valence-electron chi connectivity index (χ0n) is 12.9. The Kier molecular flexibility index (Phi) is 4.90. The van der Waals surface area contributed by atoms with Gasteiger partial charge in [-0.2, -0.15) is 0 Å². The van der Waals surface area contributed by atoms with Crippen molar-refractivity contribution in [3.05, 3.63) is 71.8 Å². The molecule has 1 saturated heterocycles. The minimum Gasteiger partial charge on any atom is -0.390 e. The van der Waals surface area contributed by atoms with E-state index in [1.54, 1.807) is 5.01 Å². The lowest BCUT2D eigenvalue weighted by molar-refractivity contribution is -0.0173. The smallest absolute Gasteiger partial charge is 0.332 e. The van der Waals surface area contributed by atoms with Crippen LogP contribution in [-0.2, 0) is 13.1 Å². The van der Waals surface area contributed by atoms with E-state index in [4.69, 9.17) is 0 Å². The van der Waals surface area contributed by atoms with Gasteiger partial charge in [-0.05, 0) is 11.1 Å². The number of hydrazine groups is 1. The Labute approximate surface area is 136 Å². The van der Waals surface area contributed by atoms with Crippen LogP contribution in [0.25, 0.3) is 0 Å². The van der Waals surface area contributed by atoms with Crippen LogP contribution in [-0.4, -0.2) is 40.3 Å². The van der Waals surface area contributed by atoms with E-state index in [1.807, 2.05) is 65.7 Å². The van der Waals surface area contributed by atoms with Crippen molar-refractivity contribution in [1.29, 1.82) is 0 Å². The maximum absolute atomic E-state index is 12.4. The highest BCUT2D eigenvalue weighted by molar-refractivity contribution is 5.74. The summed E-state index contributed by atoms with van der Waals surface area (Å²) in [6, 6.07) is 19.7. The maximum Gasteiger partial charge on any atom is 0.332 e. The molecule has 0 saturated carbocycles. The molecule has 2 aromatic carbocycles. The van der Waals surface area contributed by atoms with Crippen LogP contribution in [0.3, 0.4) is 0 Å². The molecule has 5 heteroatoms. The van der Waals surface area contributed by atoms with E-state index in [2.05, 4.69) is 5.32 Å². The summed E-state index contributed by atoms with van der Waals surface area (Å²) in [6.45, 7) is 1.75. The predicted molar refractivity (Wildman–Crippen MR) is 88.2 cm³/mol. The summed E-state index contributed by atoms with van der Waals surface area (Å²) in [7, 11) is 0. The van der Waals surface area contributed by atoms with Gasteiger partial charge in [0.1, 0.15) is 0 Å². The Morgan fingerprint density at radius 2 is 1.52 bits per heavy atom. The number of carbonyl (C=O) groups excluding carboxylic acids is 1. The number of benzene rings is 2. The molecule has 1 aliphatic rings. The van der Waals surface area contributed by atoms with Crippen LogP contribution in [0, 0.1) is 0 Å². The first-order chi connectivity index (χ1) is 11.2. The number of carbonyl (C=O) groups is 1. The first kappa shape index (κ1) is 15.5. The molecule has 3 rings (SSSR count). The largest absolute Gasteiger partial charge is 0.390 e. The molecule has 1 heterocycles. The van der Waals surface area contributed by atoms with Gasteiger partial charge in [-0.1, -0.05) is 60.7 Å². The van der Waals surface area contributed by atoms with Crippen LogP contribution >= 0.6 is 0 Å². The second-order valence-electron chi connectivity index (χ2n) is 5.72. The zero-order chi connectivity index (χ0) is 16.1. The molecule has 2 amide bonds. The third-order valence-corrected chi connectivity index (χ3v) is 3.87. The van der Waals surface area contributed by atoms with Gasteiger partial charge in [0.05, 0.1) is 12.6 Å². The second-order valence-corrected chi connectivity index (χ2v) is 5.72. The Morgan fingerprint density at radius 1 is 0.957 bits per heavy atom. The maximum atomic E-state index is 12.4. The van der Waals surface area contributed by atoms with Gasteiger partial charge in [-0.3, -0.25) is 5.01 Å². The fourth-order valence-corrected chi connectivity index (χ4v) is 2.70. The van der Waals surface area contributed by atoms with E-state index in [0.29, 0.717) is 19.6 Å². The molecule has 0 aromatic heterocycles. The highest BCUT2D eigenvalue weighted by atomic mass is 16.3. The van der Waals surface area contributed by atoms with Crippen molar-refractivity contribution in [1.82, 2.24) is 15.3 Å². The van der Waals surface area contributed by atoms with E-state index in [-0.39, 0.29) is 12.6 Å². The van der Waals surface area contributed by atoms with Gasteiger partial charge < -0.3 is 10.4 Å². The van der Waals surface area contributed by atoms with Gasteiger partial charge in [0.2, 0.25) is 0 Å². The second kappa shape index (κ2) is 7.26. The quantitative estimate of drug-likeness (QED) is 0.908. The molecule has 23 heavy (non-hydrogen) atoms. The van der Waals surface area contributed by atoms with Crippen LogP contribution < -0.4 is 5.32 Å². The molecule has 0 spiro atoms. The van der Waals surface area contributed by atoms with Gasteiger partial charge in [0, 0.05) is 19.6 Å². The summed E-state index contributed by atoms with van der Waals surface area (Å²) in [4.78, 5) is 12.4. The van der Waals surface area contributed by atoms with Crippen molar-refractivity contribution in [3.63, 3.8) is 0 Å². The molecule has 0 radical (unpaired) electrons. The number of hydrogen-bond donors (Lipinski definition) is 2. The Hall–Kier alpha value is -2.37. The number of β-amino-alcohol motifs (C(OH)–C–C–N with tert-alkyl or cyclic N) is 1. The SMILES string of the molecule is O=C1NCC(O)CN(Cc2ccccc2)N1Cc1ccccc1. The molecular weight excluding hydrogens is 290 g/mol. The lowest BCUT2D eigenvalue weighted by Crippen LogP contribution is -2.47. The summed E-state index contributed by atoms with van der Waals surface area (Å²) in [5, 5.41) is 16.4. The number of nitrogens with zero attached hydrogens (tertiary/aromatic N) is 2. The molecular formula is C18H21N3O2. The molecule has 1 aliphatic heterocycles. The van der Waals surface area contributed by atoms with Crippen LogP contribution in [0.2, 0.25) is 0 Å². The number of urea groups is 1. The van der Waals surface area contributed by atoms with Gasteiger partial charge in [-0.15, -0.1) is 0 Å². The first-order valence-electron chi connectivity index (χ1n) is 7.78. The molecule has 2 aromatic rings. The molecule has 1 unspecified atom stereocenters. The Morgan fingerprint density at radius 3 is 2.13 bits per heavy atom. The van der Waals surface area contributed by atoms with Crippen molar-refractivity contribution in [3.8, 4) is 0 Å². The van der Waals surface area contributed by atoms with E-state index in [9.17, 15) is 9.90 Å². The molecule has 120 valence electrons. The van der Waals surface area contributed by atoms with Crippen LogP contribution in [0.15, 0.2) is 60.7 Å². The standard InChI is InChI=1S/C18H21N3O2/c22-17-11-19-18(23)21(13-16-9-5-2-6-10-16)20(14-17)12-15-7-3-1-4-8-15/h1-10,17,22H,11-14H2,(H,19,23). The topological polar surface area (TPSA) is 55.8 Å². The van der Waals surface area contributed by atoms with Crippen molar-refractivity contribution < 1.29 is 9.90 Å². The minimum absolute atomic E-state index is 0.179. The highest BCUT2D eigenvalue weighted by Crippen LogP contribution is 2.15. The van der Waals surface area contributed by atoms with Crippen molar-refractivity contribution >= 4 is 6.03 Å². The van der Waals surface area contributed by atoms with Gasteiger partial charge in [0.25, 0.3) is 0 Å². The van der Waals surface area contributed by atoms with Crippen LogP contribution in [0.4, 0.5) is 4.79 Å². The Balaban J connectivity index is 1.82. The number of aliphatic hydroxyl groups is 1. The summed E-state index contributed by atoms with van der Waals surface area (Å²) in [5.74, 6) is 0. The van der Waals surface area contributed by atoms with E-state index >= 15 is 0 Å². The minimum atomic E-state index is -0.580. The molecule has 0 bridgehead atoms. The highest BCUT2D eigenvalue weighted by Gasteiger charge is 2.28. The number of aliphatic hydroxyl groups excluding tert-OH is 1. The van der Waals surface area contributed by atoms with E-state index in [0.717, 1.165) is 11.1 Å². The summed E-state index contributed by atoms with van der Waals surface area (Å²) in [6.07, 6.45) is -0.580. The molecule has 1 atom stereocenters. The Bertz CT molecular complexity index is 633. The third kappa shape index (κ3) is 4.09. The van der Waals surface area contributed by atoms with Crippen LogP contribution in [0.5, 0.6) is 0 Å². The van der Waals surface area contributed by atoms with Gasteiger partial charge in [0.15, 0.2) is 0 Å². The van der Waals surface area contributed by atoms with Crippen molar-refractivity contribution in [2.24, 2.45) is 0 Å². The number of amides is 2. The fourth-order valence-electron chi connectivity index (χ4n) is 2.70. The summed E-state index contributed by atoms with van der Waals surface area (Å²) in [5.41, 5.74) is 2.16. The van der Waals surface area contributed by atoms with Crippen molar-refractivity contribution in [2.75, 3.05) is 13.1 Å². The number of rotatable bonds is 4. The number of nitrogens with one attached hydrogen (secondary N) is 1. The third-order valence-electron chi connectivity index (χ3n) is 3.87. The van der Waals surface area contributed by atoms with E-state index in [1.165, 1.54) is 0 Å². The average molecular weight is 311 g/mol.